The Morgan fingerprint density at radius 2 is 1.39 bits per heavy atom. The van der Waals surface area contributed by atoms with Gasteiger partial charge in [0.25, 0.3) is 5.91 Å². The highest BCUT2D eigenvalue weighted by Crippen LogP contribution is 2.31. The predicted molar refractivity (Wildman–Crippen MR) is 128 cm³/mol. The number of benzene rings is 2. The van der Waals surface area contributed by atoms with E-state index in [0.29, 0.717) is 23.7 Å². The van der Waals surface area contributed by atoms with Crippen molar-refractivity contribution >= 4 is 27.5 Å². The minimum Gasteiger partial charge on any atom is -0.289 e. The number of aryl methyl sites for hydroxylation is 3. The van der Waals surface area contributed by atoms with Crippen molar-refractivity contribution in [3.05, 3.63) is 58.1 Å². The lowest BCUT2D eigenvalue weighted by Gasteiger charge is -2.36. The van der Waals surface area contributed by atoms with E-state index in [2.05, 4.69) is 0 Å². The molecular formula is C25H31N3O4S. The van der Waals surface area contributed by atoms with Gasteiger partial charge in [0.2, 0.25) is 15.9 Å². The molecule has 2 saturated heterocycles. The van der Waals surface area contributed by atoms with Crippen LogP contribution in [-0.4, -0.2) is 61.7 Å². The number of carbonyl (C=O) groups excluding carboxylic acids is 2. The number of hydrogen-bond donors (Lipinski definition) is 0. The number of rotatable bonds is 4. The Balaban J connectivity index is 1.52. The maximum Gasteiger partial charge on any atom is 0.251 e. The maximum atomic E-state index is 13.5. The molecular weight excluding hydrogens is 438 g/mol. The Labute approximate surface area is 196 Å². The van der Waals surface area contributed by atoms with Crippen LogP contribution in [0, 0.1) is 34.6 Å². The van der Waals surface area contributed by atoms with Crippen molar-refractivity contribution in [2.75, 3.05) is 31.1 Å². The predicted octanol–water partition coefficient (Wildman–Crippen LogP) is 2.87. The standard InChI is InChI=1S/C25H31N3O4S/c1-16-8-6-7-9-21(16)28-23(29)15-22(25(28)30)26-10-12-27(13-11-26)33(31,32)24-19(4)17(2)14-18(3)20(24)5/h6-9,14,22H,10-13,15H2,1-5H3/t22-/m1/s1. The second kappa shape index (κ2) is 8.66. The number of hydrogen-bond acceptors (Lipinski definition) is 5. The van der Waals surface area contributed by atoms with E-state index < -0.39 is 16.1 Å². The second-order valence-electron chi connectivity index (χ2n) is 9.10. The van der Waals surface area contributed by atoms with Crippen LogP contribution in [0.5, 0.6) is 0 Å². The summed E-state index contributed by atoms with van der Waals surface area (Å²) < 4.78 is 28.6. The van der Waals surface area contributed by atoms with Crippen LogP contribution in [0.3, 0.4) is 0 Å². The molecule has 4 rings (SSSR count). The molecule has 2 aromatic carbocycles. The Hall–Kier alpha value is -2.55. The number of sulfonamides is 1. The van der Waals surface area contributed by atoms with Gasteiger partial charge < -0.3 is 0 Å². The van der Waals surface area contributed by atoms with E-state index in [0.717, 1.165) is 27.8 Å². The quantitative estimate of drug-likeness (QED) is 0.644. The Kier molecular flexibility index (Phi) is 6.20. The zero-order valence-electron chi connectivity index (χ0n) is 19.9. The SMILES string of the molecule is Cc1ccccc1N1C(=O)C[C@@H](N2CCN(S(=O)(=O)c3c(C)c(C)cc(C)c3C)CC2)C1=O. The first kappa shape index (κ1) is 23.6. The van der Waals surface area contributed by atoms with Crippen molar-refractivity contribution in [1.29, 1.82) is 0 Å². The minimum atomic E-state index is -3.65. The molecule has 0 aromatic heterocycles. The normalized spacial score (nSPS) is 20.6. The highest BCUT2D eigenvalue weighted by molar-refractivity contribution is 7.89. The number of para-hydroxylation sites is 1. The van der Waals surface area contributed by atoms with Crippen molar-refractivity contribution in [2.24, 2.45) is 0 Å². The van der Waals surface area contributed by atoms with Gasteiger partial charge >= 0.3 is 0 Å². The van der Waals surface area contributed by atoms with Crippen molar-refractivity contribution in [3.8, 4) is 0 Å². The first-order valence-corrected chi connectivity index (χ1v) is 12.7. The van der Waals surface area contributed by atoms with E-state index in [-0.39, 0.29) is 31.3 Å². The first-order chi connectivity index (χ1) is 15.5. The summed E-state index contributed by atoms with van der Waals surface area (Å²) in [7, 11) is -3.65. The Bertz CT molecular complexity index is 1200. The lowest BCUT2D eigenvalue weighted by Crippen LogP contribution is -2.53. The lowest BCUT2D eigenvalue weighted by molar-refractivity contribution is -0.123. The van der Waals surface area contributed by atoms with E-state index >= 15 is 0 Å². The fraction of sp³-hybridized carbons (Fsp3) is 0.440. The largest absolute Gasteiger partial charge is 0.289 e. The molecule has 0 saturated carbocycles. The maximum absolute atomic E-state index is 13.5. The Morgan fingerprint density at radius 1 is 0.818 bits per heavy atom. The summed E-state index contributed by atoms with van der Waals surface area (Å²) >= 11 is 0. The highest BCUT2D eigenvalue weighted by atomic mass is 32.2. The molecule has 7 nitrogen and oxygen atoms in total. The molecule has 2 heterocycles. The Morgan fingerprint density at radius 3 is 1.97 bits per heavy atom. The molecule has 0 radical (unpaired) electrons. The molecule has 0 unspecified atom stereocenters. The third kappa shape index (κ3) is 4.00. The zero-order chi connectivity index (χ0) is 24.1. The van der Waals surface area contributed by atoms with Crippen LogP contribution in [0.1, 0.15) is 34.2 Å². The van der Waals surface area contributed by atoms with Gasteiger partial charge in [0, 0.05) is 26.2 Å². The molecule has 0 aliphatic carbocycles. The van der Waals surface area contributed by atoms with Gasteiger partial charge in [-0.1, -0.05) is 24.3 Å². The molecule has 1 atom stereocenters. The monoisotopic (exact) mass is 469 g/mol. The fourth-order valence-electron chi connectivity index (χ4n) is 4.92. The van der Waals surface area contributed by atoms with Crippen molar-refractivity contribution in [1.82, 2.24) is 9.21 Å². The lowest BCUT2D eigenvalue weighted by atomic mass is 10.0. The number of anilines is 1. The summed E-state index contributed by atoms with van der Waals surface area (Å²) in [4.78, 5) is 29.5. The second-order valence-corrected chi connectivity index (χ2v) is 11.0. The third-order valence-corrected chi connectivity index (χ3v) is 9.26. The zero-order valence-corrected chi connectivity index (χ0v) is 20.7. The van der Waals surface area contributed by atoms with Gasteiger partial charge in [-0.05, 0) is 68.5 Å². The molecule has 176 valence electrons. The third-order valence-electron chi connectivity index (χ3n) is 7.09. The average molecular weight is 470 g/mol. The number of imide groups is 1. The molecule has 0 N–H and O–H groups in total. The van der Waals surface area contributed by atoms with E-state index in [1.54, 1.807) is 6.07 Å². The molecule has 33 heavy (non-hydrogen) atoms. The van der Waals surface area contributed by atoms with Gasteiger partial charge in [-0.25, -0.2) is 13.3 Å². The fourth-order valence-corrected chi connectivity index (χ4v) is 6.92. The summed E-state index contributed by atoms with van der Waals surface area (Å²) in [5.41, 5.74) is 4.98. The molecule has 2 aliphatic heterocycles. The van der Waals surface area contributed by atoms with Crippen molar-refractivity contribution < 1.29 is 18.0 Å². The number of nitrogens with zero attached hydrogens (tertiary/aromatic N) is 3. The van der Waals surface area contributed by atoms with Gasteiger partial charge in [0.05, 0.1) is 23.0 Å². The van der Waals surface area contributed by atoms with Gasteiger partial charge in [0.1, 0.15) is 0 Å². The van der Waals surface area contributed by atoms with Crippen LogP contribution in [0.4, 0.5) is 5.69 Å². The number of amides is 2. The van der Waals surface area contributed by atoms with E-state index in [4.69, 9.17) is 0 Å². The molecule has 0 spiro atoms. The molecule has 8 heteroatoms. The summed E-state index contributed by atoms with van der Waals surface area (Å²) in [6, 6.07) is 8.82. The topological polar surface area (TPSA) is 78.0 Å². The van der Waals surface area contributed by atoms with Gasteiger partial charge in [0.15, 0.2) is 0 Å². The van der Waals surface area contributed by atoms with Crippen molar-refractivity contribution in [2.45, 2.75) is 52.0 Å². The molecule has 2 aliphatic rings. The van der Waals surface area contributed by atoms with Crippen LogP contribution < -0.4 is 4.90 Å². The summed E-state index contributed by atoms with van der Waals surface area (Å²) in [5, 5.41) is 0. The van der Waals surface area contributed by atoms with Crippen LogP contribution in [0.15, 0.2) is 35.2 Å². The van der Waals surface area contributed by atoms with Crippen LogP contribution >= 0.6 is 0 Å². The van der Waals surface area contributed by atoms with Gasteiger partial charge in [-0.2, -0.15) is 4.31 Å². The highest BCUT2D eigenvalue weighted by Gasteiger charge is 2.44. The van der Waals surface area contributed by atoms with Crippen molar-refractivity contribution in [3.63, 3.8) is 0 Å². The first-order valence-electron chi connectivity index (χ1n) is 11.3. The van der Waals surface area contributed by atoms with Gasteiger partial charge in [-0.15, -0.1) is 0 Å². The molecule has 0 bridgehead atoms. The van der Waals surface area contributed by atoms with E-state index in [1.165, 1.54) is 9.21 Å². The van der Waals surface area contributed by atoms with Crippen LogP contribution in [0.25, 0.3) is 0 Å². The summed E-state index contributed by atoms with van der Waals surface area (Å²) in [6.45, 7) is 10.8. The summed E-state index contributed by atoms with van der Waals surface area (Å²) in [6.07, 6.45) is 0.120. The van der Waals surface area contributed by atoms with Crippen LogP contribution in [-0.2, 0) is 19.6 Å². The van der Waals surface area contributed by atoms with Crippen LogP contribution in [0.2, 0.25) is 0 Å². The number of carbonyl (C=O) groups is 2. The summed E-state index contributed by atoms with van der Waals surface area (Å²) in [5.74, 6) is -0.442. The average Bonchev–Trinajstić information content (AvgIpc) is 3.07. The smallest absolute Gasteiger partial charge is 0.251 e. The molecule has 2 fully saturated rings. The molecule has 2 aromatic rings. The molecule has 2 amide bonds. The van der Waals surface area contributed by atoms with Gasteiger partial charge in [-0.3, -0.25) is 14.5 Å². The van der Waals surface area contributed by atoms with E-state index in [9.17, 15) is 18.0 Å². The number of piperazine rings is 1. The van der Waals surface area contributed by atoms with E-state index in [1.807, 2.05) is 63.8 Å². The minimum absolute atomic E-state index is 0.120.